The van der Waals surface area contributed by atoms with E-state index in [1.807, 2.05) is 24.3 Å². The van der Waals surface area contributed by atoms with E-state index in [-0.39, 0.29) is 12.1 Å². The summed E-state index contributed by atoms with van der Waals surface area (Å²) in [7, 11) is 0. The summed E-state index contributed by atoms with van der Waals surface area (Å²) in [5, 5.41) is 6.71. The molecule has 1 aromatic heterocycles. The molecule has 2 saturated heterocycles. The maximum atomic E-state index is 12.3. The van der Waals surface area contributed by atoms with Crippen LogP contribution in [0.2, 0.25) is 5.02 Å². The Labute approximate surface area is 158 Å². The minimum Gasteiger partial charge on any atom is -0.468 e. The minimum absolute atomic E-state index is 0.144. The monoisotopic (exact) mass is 373 g/mol. The summed E-state index contributed by atoms with van der Waals surface area (Å²) in [6.45, 7) is 0.867. The van der Waals surface area contributed by atoms with Crippen molar-refractivity contribution in [2.24, 2.45) is 0 Å². The topological polar surface area (TPSA) is 57.5 Å². The first-order valence-corrected chi connectivity index (χ1v) is 9.66. The van der Waals surface area contributed by atoms with Crippen molar-refractivity contribution >= 4 is 23.3 Å². The number of halogens is 1. The molecule has 138 valence electrons. The molecule has 26 heavy (non-hydrogen) atoms. The maximum Gasteiger partial charge on any atom is 0.319 e. The lowest BCUT2D eigenvalue weighted by Gasteiger charge is -2.48. The van der Waals surface area contributed by atoms with Crippen LogP contribution in [0.25, 0.3) is 0 Å². The molecule has 3 heterocycles. The molecule has 2 aliphatic rings. The van der Waals surface area contributed by atoms with Crippen LogP contribution >= 0.6 is 11.6 Å². The van der Waals surface area contributed by atoms with Gasteiger partial charge in [0.25, 0.3) is 0 Å². The lowest BCUT2D eigenvalue weighted by atomic mass is 9.81. The Bertz CT molecular complexity index is 718. The summed E-state index contributed by atoms with van der Waals surface area (Å²) in [4.78, 5) is 14.9. The van der Waals surface area contributed by atoms with E-state index in [1.54, 1.807) is 18.4 Å². The fourth-order valence-electron chi connectivity index (χ4n) is 4.32. The molecule has 0 saturated carbocycles. The molecule has 2 amide bonds. The molecule has 5 nitrogen and oxygen atoms in total. The van der Waals surface area contributed by atoms with Gasteiger partial charge in [-0.25, -0.2) is 4.79 Å². The van der Waals surface area contributed by atoms with Crippen LogP contribution in [0.4, 0.5) is 10.5 Å². The van der Waals surface area contributed by atoms with Crippen LogP contribution in [0.3, 0.4) is 0 Å². The molecular weight excluding hydrogens is 350 g/mol. The fourth-order valence-corrected chi connectivity index (χ4v) is 4.45. The molecule has 6 heteroatoms. The number of carbonyl (C=O) groups excluding carboxylic acids is 1. The van der Waals surface area contributed by atoms with Crippen LogP contribution < -0.4 is 10.6 Å². The van der Waals surface area contributed by atoms with E-state index in [2.05, 4.69) is 15.5 Å². The Morgan fingerprint density at radius 3 is 2.54 bits per heavy atom. The predicted octanol–water partition coefficient (Wildman–Crippen LogP) is 4.64. The highest BCUT2D eigenvalue weighted by Crippen LogP contribution is 2.35. The molecule has 2 aliphatic heterocycles. The largest absolute Gasteiger partial charge is 0.468 e. The Hall–Kier alpha value is -1.98. The highest BCUT2D eigenvalue weighted by molar-refractivity contribution is 6.30. The molecule has 0 radical (unpaired) electrons. The summed E-state index contributed by atoms with van der Waals surface area (Å²) >= 11 is 5.88. The number of nitrogens with zero attached hydrogens (tertiary/aromatic N) is 1. The fraction of sp³-hybridized carbons (Fsp3) is 0.450. The normalized spacial score (nSPS) is 25.7. The van der Waals surface area contributed by atoms with Crippen LogP contribution in [0.1, 0.15) is 37.9 Å². The van der Waals surface area contributed by atoms with Crippen LogP contribution in [0.15, 0.2) is 47.1 Å². The second-order valence-electron chi connectivity index (χ2n) is 7.26. The zero-order chi connectivity index (χ0) is 17.9. The van der Waals surface area contributed by atoms with Crippen LogP contribution in [0.5, 0.6) is 0 Å². The summed E-state index contributed by atoms with van der Waals surface area (Å²) in [6, 6.07) is 12.2. The number of carbonyl (C=O) groups is 1. The van der Waals surface area contributed by atoms with E-state index in [9.17, 15) is 4.79 Å². The summed E-state index contributed by atoms with van der Waals surface area (Å²) in [6.07, 6.45) is 7.37. The van der Waals surface area contributed by atoms with Crippen molar-refractivity contribution in [2.75, 3.05) is 5.32 Å². The van der Waals surface area contributed by atoms with Crippen LogP contribution in [0, 0.1) is 0 Å². The number of nitrogens with one attached hydrogen (secondary N) is 2. The number of piperidine rings is 2. The van der Waals surface area contributed by atoms with E-state index >= 15 is 0 Å². The first-order chi connectivity index (χ1) is 12.7. The first-order valence-electron chi connectivity index (χ1n) is 9.28. The van der Waals surface area contributed by atoms with Crippen molar-refractivity contribution in [1.82, 2.24) is 10.2 Å². The van der Waals surface area contributed by atoms with Gasteiger partial charge in [0.2, 0.25) is 0 Å². The number of hydrogen-bond acceptors (Lipinski definition) is 3. The van der Waals surface area contributed by atoms with Crippen LogP contribution in [-0.2, 0) is 6.54 Å². The van der Waals surface area contributed by atoms with Crippen molar-refractivity contribution < 1.29 is 9.21 Å². The van der Waals surface area contributed by atoms with Gasteiger partial charge in [-0.05, 0) is 62.1 Å². The number of urea groups is 1. The number of hydrogen-bond donors (Lipinski definition) is 2. The average molecular weight is 374 g/mol. The highest BCUT2D eigenvalue weighted by atomic mass is 35.5. The van der Waals surface area contributed by atoms with Crippen molar-refractivity contribution in [3.8, 4) is 0 Å². The molecule has 0 spiro atoms. The smallest absolute Gasteiger partial charge is 0.319 e. The third kappa shape index (κ3) is 4.05. The molecule has 2 fully saturated rings. The number of benzene rings is 1. The Morgan fingerprint density at radius 1 is 1.15 bits per heavy atom. The van der Waals surface area contributed by atoms with Gasteiger partial charge >= 0.3 is 6.03 Å². The third-order valence-electron chi connectivity index (χ3n) is 5.48. The summed E-state index contributed by atoms with van der Waals surface area (Å²) in [5.41, 5.74) is 0.752. The number of furan rings is 1. The van der Waals surface area contributed by atoms with E-state index in [1.165, 1.54) is 19.3 Å². The second kappa shape index (κ2) is 7.72. The number of amides is 2. The molecular formula is C20H24ClN3O2. The predicted molar refractivity (Wildman–Crippen MR) is 102 cm³/mol. The Balaban J connectivity index is 1.34. The van der Waals surface area contributed by atoms with Gasteiger partial charge in [0.15, 0.2) is 0 Å². The molecule has 2 N–H and O–H groups in total. The van der Waals surface area contributed by atoms with Gasteiger partial charge in [-0.15, -0.1) is 0 Å². The molecule has 2 aromatic rings. The average Bonchev–Trinajstić information content (AvgIpc) is 3.11. The van der Waals surface area contributed by atoms with Gasteiger partial charge in [0.05, 0.1) is 12.8 Å². The molecule has 2 atom stereocenters. The van der Waals surface area contributed by atoms with Crippen LogP contribution in [-0.4, -0.2) is 29.1 Å². The summed E-state index contributed by atoms with van der Waals surface area (Å²) < 4.78 is 5.54. The van der Waals surface area contributed by atoms with E-state index in [4.69, 9.17) is 16.0 Å². The SMILES string of the molecule is O=C(Nc1ccc(Cl)cc1)NC1C[C@@H]2CCC[C@@H](C1)N2Cc1ccco1. The van der Waals surface area contributed by atoms with Gasteiger partial charge in [-0.2, -0.15) is 0 Å². The molecule has 4 rings (SSSR count). The van der Waals surface area contributed by atoms with Crippen molar-refractivity contribution in [2.45, 2.75) is 56.8 Å². The molecule has 1 aromatic carbocycles. The first kappa shape index (κ1) is 17.4. The van der Waals surface area contributed by atoms with E-state index in [0.717, 1.165) is 30.8 Å². The number of rotatable bonds is 4. The molecule has 2 bridgehead atoms. The minimum atomic E-state index is -0.144. The zero-order valence-electron chi connectivity index (χ0n) is 14.7. The van der Waals surface area contributed by atoms with Crippen molar-refractivity contribution in [3.63, 3.8) is 0 Å². The van der Waals surface area contributed by atoms with Gasteiger partial charge in [0, 0.05) is 28.8 Å². The lowest BCUT2D eigenvalue weighted by Crippen LogP contribution is -2.56. The van der Waals surface area contributed by atoms with Gasteiger partial charge in [-0.3, -0.25) is 4.90 Å². The Morgan fingerprint density at radius 2 is 1.88 bits per heavy atom. The quantitative estimate of drug-likeness (QED) is 0.820. The maximum absolute atomic E-state index is 12.3. The summed E-state index contributed by atoms with van der Waals surface area (Å²) in [5.74, 6) is 1.02. The lowest BCUT2D eigenvalue weighted by molar-refractivity contribution is 0.0150. The van der Waals surface area contributed by atoms with E-state index < -0.39 is 0 Å². The Kier molecular flexibility index (Phi) is 5.18. The molecule has 0 aliphatic carbocycles. The second-order valence-corrected chi connectivity index (χ2v) is 7.70. The van der Waals surface area contributed by atoms with Crippen molar-refractivity contribution in [3.05, 3.63) is 53.4 Å². The molecule has 0 unspecified atom stereocenters. The van der Waals surface area contributed by atoms with Gasteiger partial charge in [0.1, 0.15) is 5.76 Å². The standard InChI is InChI=1S/C20H24ClN3O2/c21-14-6-8-15(9-7-14)22-20(25)23-16-11-17-3-1-4-18(12-16)24(17)13-19-5-2-10-26-19/h2,5-10,16-18H,1,3-4,11-13H2,(H2,22,23,25)/t17-,18-/m0/s1. The number of fused-ring (bicyclic) bond motifs is 2. The van der Waals surface area contributed by atoms with Gasteiger partial charge in [-0.1, -0.05) is 18.0 Å². The van der Waals surface area contributed by atoms with E-state index in [0.29, 0.717) is 17.1 Å². The third-order valence-corrected chi connectivity index (χ3v) is 5.73. The van der Waals surface area contributed by atoms with Crippen molar-refractivity contribution in [1.29, 1.82) is 0 Å². The van der Waals surface area contributed by atoms with Gasteiger partial charge < -0.3 is 15.1 Å². The highest BCUT2D eigenvalue weighted by Gasteiger charge is 2.38. The number of anilines is 1. The zero-order valence-corrected chi connectivity index (χ0v) is 15.4.